The van der Waals surface area contributed by atoms with Crippen LogP contribution in [0.3, 0.4) is 0 Å². The molecule has 2 aromatic carbocycles. The van der Waals surface area contributed by atoms with Crippen LogP contribution in [-0.2, 0) is 21.3 Å². The van der Waals surface area contributed by atoms with Crippen LogP contribution >= 0.6 is 11.3 Å². The van der Waals surface area contributed by atoms with Gasteiger partial charge in [-0.05, 0) is 57.2 Å². The molecular weight excluding hydrogens is 486 g/mol. The molecule has 0 bridgehead atoms. The molecule has 1 aliphatic heterocycles. The number of sulfonamides is 1. The lowest BCUT2D eigenvalue weighted by Crippen LogP contribution is -2.48. The highest BCUT2D eigenvalue weighted by Gasteiger charge is 2.32. The molecule has 4 rings (SSSR count). The summed E-state index contributed by atoms with van der Waals surface area (Å²) in [5.41, 5.74) is 1.07. The van der Waals surface area contributed by atoms with Gasteiger partial charge < -0.3 is 14.0 Å². The summed E-state index contributed by atoms with van der Waals surface area (Å²) in [5, 5.41) is 0. The van der Waals surface area contributed by atoms with E-state index in [2.05, 4.69) is 10.9 Å². The van der Waals surface area contributed by atoms with Gasteiger partial charge >= 0.3 is 0 Å². The number of hydrogen-bond donors (Lipinski definition) is 0. The summed E-state index contributed by atoms with van der Waals surface area (Å²) < 4.78 is 41.6. The van der Waals surface area contributed by atoms with Gasteiger partial charge in [-0.1, -0.05) is 23.3 Å². The Hall–Kier alpha value is -2.97. The second kappa shape index (κ2) is 10.3. The van der Waals surface area contributed by atoms with Crippen molar-refractivity contribution >= 4 is 37.5 Å². The van der Waals surface area contributed by atoms with Gasteiger partial charge in [0.05, 0.1) is 35.0 Å². The van der Waals surface area contributed by atoms with Crippen LogP contribution in [0.5, 0.6) is 5.75 Å². The van der Waals surface area contributed by atoms with Crippen molar-refractivity contribution in [2.45, 2.75) is 44.4 Å². The Balaban J connectivity index is 1.66. The molecule has 0 N–H and O–H groups in total. The van der Waals surface area contributed by atoms with E-state index in [-0.39, 0.29) is 42.3 Å². The normalized spacial score (nSPS) is 19.5. The monoisotopic (exact) mass is 513 g/mol. The fraction of sp³-hybridized carbons (Fsp3) is 0.360. The van der Waals surface area contributed by atoms with Gasteiger partial charge in [0.25, 0.3) is 5.91 Å². The lowest BCUT2D eigenvalue weighted by molar-refractivity contribution is -0.0440. The highest BCUT2D eigenvalue weighted by molar-refractivity contribution is 7.89. The van der Waals surface area contributed by atoms with Crippen LogP contribution in [-0.4, -0.2) is 55.1 Å². The quantitative estimate of drug-likeness (QED) is 0.472. The largest absolute Gasteiger partial charge is 0.492 e. The zero-order valence-corrected chi connectivity index (χ0v) is 21.4. The number of carbonyl (C=O) groups excluding carboxylic acids is 1. The van der Waals surface area contributed by atoms with Crippen LogP contribution in [0.1, 0.15) is 31.1 Å². The van der Waals surface area contributed by atoms with Crippen LogP contribution in [0.4, 0.5) is 0 Å². The van der Waals surface area contributed by atoms with Crippen LogP contribution < -0.4 is 9.54 Å². The molecule has 3 aromatic rings. The minimum Gasteiger partial charge on any atom is -0.492 e. The SMILES string of the molecule is C#CCn1c(=NC(=O)c2ccc(S(=O)(=O)N3C[C@@H](C)O[C@@H](C)C3)cc2)sc2cccc(OCC)c21. The molecule has 2 heterocycles. The van der Waals surface area contributed by atoms with Gasteiger partial charge in [0.15, 0.2) is 4.80 Å². The summed E-state index contributed by atoms with van der Waals surface area (Å²) in [5.74, 6) is 2.79. The molecule has 1 aromatic heterocycles. The number of morpholine rings is 1. The first kappa shape index (κ1) is 25.1. The number of hydrogen-bond acceptors (Lipinski definition) is 6. The van der Waals surface area contributed by atoms with E-state index in [9.17, 15) is 13.2 Å². The molecule has 0 spiro atoms. The molecule has 2 atom stereocenters. The molecule has 0 saturated carbocycles. The number of para-hydroxylation sites is 1. The van der Waals surface area contributed by atoms with Crippen LogP contribution in [0.2, 0.25) is 0 Å². The second-order valence-corrected chi connectivity index (χ2v) is 11.2. The standard InChI is InChI=1S/C25H27N3O5S2/c1-5-14-28-23-21(32-6-2)8-7-9-22(23)34-25(28)26-24(29)19-10-12-20(13-11-19)35(30,31)27-15-17(3)33-18(4)16-27/h1,7-13,17-18H,6,14-16H2,2-4H3/t17-,18+. The summed E-state index contributed by atoms with van der Waals surface area (Å²) >= 11 is 1.34. The van der Waals surface area contributed by atoms with Crippen LogP contribution in [0.25, 0.3) is 10.2 Å². The number of benzene rings is 2. The summed E-state index contributed by atoms with van der Waals surface area (Å²) in [6, 6.07) is 11.5. The second-order valence-electron chi connectivity index (χ2n) is 8.23. The molecule has 0 radical (unpaired) electrons. The van der Waals surface area contributed by atoms with E-state index >= 15 is 0 Å². The van der Waals surface area contributed by atoms with Crippen molar-refractivity contribution in [1.29, 1.82) is 0 Å². The molecule has 1 fully saturated rings. The maximum atomic E-state index is 13.1. The summed E-state index contributed by atoms with van der Waals surface area (Å²) in [4.78, 5) is 17.9. The first-order valence-corrected chi connectivity index (χ1v) is 13.5. The Morgan fingerprint density at radius 1 is 1.20 bits per heavy atom. The highest BCUT2D eigenvalue weighted by atomic mass is 32.2. The van der Waals surface area contributed by atoms with E-state index in [1.165, 1.54) is 39.9 Å². The first-order valence-electron chi connectivity index (χ1n) is 11.3. The Labute approximate surface area is 208 Å². The molecule has 1 aliphatic rings. The molecule has 0 aliphatic carbocycles. The fourth-order valence-electron chi connectivity index (χ4n) is 4.09. The van der Waals surface area contributed by atoms with Crippen molar-refractivity contribution in [2.24, 2.45) is 4.99 Å². The average molecular weight is 514 g/mol. The van der Waals surface area contributed by atoms with E-state index in [4.69, 9.17) is 15.9 Å². The topological polar surface area (TPSA) is 90.2 Å². The highest BCUT2D eigenvalue weighted by Crippen LogP contribution is 2.28. The maximum Gasteiger partial charge on any atom is 0.279 e. The third-order valence-corrected chi connectivity index (χ3v) is 8.43. The Kier molecular flexibility index (Phi) is 7.42. The van der Waals surface area contributed by atoms with Crippen molar-refractivity contribution in [3.05, 3.63) is 52.8 Å². The zero-order chi connectivity index (χ0) is 25.2. The number of terminal acetylenes is 1. The van der Waals surface area contributed by atoms with E-state index < -0.39 is 15.9 Å². The van der Waals surface area contributed by atoms with Gasteiger partial charge in [-0.2, -0.15) is 9.30 Å². The number of nitrogens with zero attached hydrogens (tertiary/aromatic N) is 3. The maximum absolute atomic E-state index is 13.1. The third-order valence-electron chi connectivity index (χ3n) is 5.54. The van der Waals surface area contributed by atoms with E-state index in [1.54, 1.807) is 4.57 Å². The van der Waals surface area contributed by atoms with E-state index in [0.29, 0.717) is 17.2 Å². The Morgan fingerprint density at radius 2 is 1.89 bits per heavy atom. The van der Waals surface area contributed by atoms with Crippen LogP contribution in [0, 0.1) is 12.3 Å². The minimum atomic E-state index is -3.70. The lowest BCUT2D eigenvalue weighted by atomic mass is 10.2. The van der Waals surface area contributed by atoms with Gasteiger partial charge in [0.1, 0.15) is 11.3 Å². The number of carbonyl (C=O) groups is 1. The van der Waals surface area contributed by atoms with Gasteiger partial charge in [-0.15, -0.1) is 6.42 Å². The van der Waals surface area contributed by atoms with Gasteiger partial charge in [-0.25, -0.2) is 8.42 Å². The number of rotatable bonds is 6. The van der Waals surface area contributed by atoms with Crippen molar-refractivity contribution in [1.82, 2.24) is 8.87 Å². The molecule has 1 amide bonds. The number of amides is 1. The zero-order valence-electron chi connectivity index (χ0n) is 19.8. The number of fused-ring (bicyclic) bond motifs is 1. The fourth-order valence-corrected chi connectivity index (χ4v) is 6.73. The minimum absolute atomic E-state index is 0.126. The number of ether oxygens (including phenoxy) is 2. The predicted molar refractivity (Wildman–Crippen MR) is 135 cm³/mol. The molecule has 1 saturated heterocycles. The predicted octanol–water partition coefficient (Wildman–Crippen LogP) is 3.27. The lowest BCUT2D eigenvalue weighted by Gasteiger charge is -2.34. The Morgan fingerprint density at radius 3 is 2.51 bits per heavy atom. The summed E-state index contributed by atoms with van der Waals surface area (Å²) in [6.07, 6.45) is 5.20. The number of thiazole rings is 1. The number of aromatic nitrogens is 1. The van der Waals surface area contributed by atoms with Crippen molar-refractivity contribution in [2.75, 3.05) is 19.7 Å². The van der Waals surface area contributed by atoms with Crippen molar-refractivity contribution in [3.63, 3.8) is 0 Å². The third kappa shape index (κ3) is 5.18. The van der Waals surface area contributed by atoms with Gasteiger partial charge in [0.2, 0.25) is 10.0 Å². The van der Waals surface area contributed by atoms with Crippen LogP contribution in [0.15, 0.2) is 52.4 Å². The molecule has 0 unspecified atom stereocenters. The van der Waals surface area contributed by atoms with E-state index in [0.717, 1.165) is 10.2 Å². The molecular formula is C25H27N3O5S2. The molecule has 10 heteroatoms. The van der Waals surface area contributed by atoms with Crippen molar-refractivity contribution < 1.29 is 22.7 Å². The first-order chi connectivity index (χ1) is 16.7. The van der Waals surface area contributed by atoms with Gasteiger partial charge in [0, 0.05) is 18.7 Å². The Bertz CT molecular complexity index is 1440. The average Bonchev–Trinajstić information content (AvgIpc) is 3.17. The van der Waals surface area contributed by atoms with Gasteiger partial charge in [-0.3, -0.25) is 4.79 Å². The smallest absolute Gasteiger partial charge is 0.279 e. The molecule has 35 heavy (non-hydrogen) atoms. The molecule has 184 valence electrons. The van der Waals surface area contributed by atoms with Crippen molar-refractivity contribution in [3.8, 4) is 18.1 Å². The summed E-state index contributed by atoms with van der Waals surface area (Å²) in [6.45, 7) is 6.88. The van der Waals surface area contributed by atoms with E-state index in [1.807, 2.05) is 39.0 Å². The summed E-state index contributed by atoms with van der Waals surface area (Å²) in [7, 11) is -3.70. The molecule has 8 nitrogen and oxygen atoms in total.